The molecule has 0 saturated heterocycles. The fourth-order valence-corrected chi connectivity index (χ4v) is 5.62. The predicted octanol–water partition coefficient (Wildman–Crippen LogP) is 6.41. The SMILES string of the molecule is Ic1c(I)c(I)c2cc3ccccc3cc2c1I. The van der Waals surface area contributed by atoms with Crippen molar-refractivity contribution in [3.8, 4) is 0 Å². The quantitative estimate of drug-likeness (QED) is 0.111. The number of halogens is 4. The van der Waals surface area contributed by atoms with Crippen LogP contribution < -0.4 is 0 Å². The molecule has 0 amide bonds. The Kier molecular flexibility index (Phi) is 4.27. The van der Waals surface area contributed by atoms with Crippen molar-refractivity contribution < 1.29 is 0 Å². The third-order valence-electron chi connectivity index (χ3n) is 2.94. The lowest BCUT2D eigenvalue weighted by molar-refractivity contribution is 1.55. The highest BCUT2D eigenvalue weighted by Gasteiger charge is 2.13. The van der Waals surface area contributed by atoms with E-state index < -0.39 is 0 Å². The molecule has 0 nitrogen and oxygen atoms in total. The van der Waals surface area contributed by atoms with Crippen molar-refractivity contribution in [2.75, 3.05) is 0 Å². The minimum atomic E-state index is 1.32. The lowest BCUT2D eigenvalue weighted by Gasteiger charge is -2.11. The zero-order valence-electron chi connectivity index (χ0n) is 8.98. The summed E-state index contributed by atoms with van der Waals surface area (Å²) in [6.07, 6.45) is 0. The van der Waals surface area contributed by atoms with Crippen molar-refractivity contribution in [2.24, 2.45) is 0 Å². The van der Waals surface area contributed by atoms with Crippen LogP contribution in [0.3, 0.4) is 0 Å². The van der Waals surface area contributed by atoms with E-state index in [-0.39, 0.29) is 0 Å². The van der Waals surface area contributed by atoms with E-state index >= 15 is 0 Å². The second-order valence-electron chi connectivity index (χ2n) is 4.00. The number of benzene rings is 3. The normalized spacial score (nSPS) is 11.3. The van der Waals surface area contributed by atoms with Gasteiger partial charge in [0.05, 0.1) is 0 Å². The van der Waals surface area contributed by atoms with Gasteiger partial charge >= 0.3 is 0 Å². The Morgan fingerprint density at radius 3 is 1.33 bits per heavy atom. The molecule has 0 radical (unpaired) electrons. The highest BCUT2D eigenvalue weighted by Crippen LogP contribution is 2.36. The molecule has 90 valence electrons. The average Bonchev–Trinajstić information content (AvgIpc) is 2.41. The van der Waals surface area contributed by atoms with Crippen LogP contribution in [-0.2, 0) is 0 Å². The van der Waals surface area contributed by atoms with E-state index in [2.05, 4.69) is 127 Å². The highest BCUT2D eigenvalue weighted by molar-refractivity contribution is 14.1. The first-order valence-corrected chi connectivity index (χ1v) is 9.55. The van der Waals surface area contributed by atoms with Gasteiger partial charge in [-0.3, -0.25) is 0 Å². The molecule has 0 fully saturated rings. The third-order valence-corrected chi connectivity index (χ3v) is 10.4. The number of hydrogen-bond donors (Lipinski definition) is 0. The van der Waals surface area contributed by atoms with Gasteiger partial charge in [0.25, 0.3) is 0 Å². The topological polar surface area (TPSA) is 0 Å². The van der Waals surface area contributed by atoms with E-state index in [4.69, 9.17) is 0 Å². The largest absolute Gasteiger partial charge is 0.0616 e. The maximum absolute atomic E-state index is 2.46. The van der Waals surface area contributed by atoms with E-state index in [0.717, 1.165) is 0 Å². The molecule has 0 aliphatic carbocycles. The first-order chi connectivity index (χ1) is 8.59. The van der Waals surface area contributed by atoms with Crippen molar-refractivity contribution in [1.82, 2.24) is 0 Å². The van der Waals surface area contributed by atoms with Gasteiger partial charge in [0, 0.05) is 14.3 Å². The summed E-state index contributed by atoms with van der Waals surface area (Å²) in [6.45, 7) is 0. The van der Waals surface area contributed by atoms with Crippen LogP contribution in [0.1, 0.15) is 0 Å². The molecule has 0 unspecified atom stereocenters. The van der Waals surface area contributed by atoms with Crippen LogP contribution in [-0.4, -0.2) is 0 Å². The Morgan fingerprint density at radius 2 is 0.944 bits per heavy atom. The molecule has 0 atom stereocenters. The molecular formula is C14H6I4. The second-order valence-corrected chi connectivity index (χ2v) is 8.32. The highest BCUT2D eigenvalue weighted by atomic mass is 127. The number of rotatable bonds is 0. The van der Waals surface area contributed by atoms with Gasteiger partial charge in [-0.15, -0.1) is 0 Å². The zero-order chi connectivity index (χ0) is 12.9. The molecule has 3 aromatic carbocycles. The Labute approximate surface area is 160 Å². The standard InChI is InChI=1S/C14H6I4/c15-11-9-5-7-3-1-2-4-8(7)6-10(9)12(16)14(18)13(11)17/h1-6H. The van der Waals surface area contributed by atoms with Crippen LogP contribution in [0.4, 0.5) is 0 Å². The van der Waals surface area contributed by atoms with E-state index in [1.807, 2.05) is 0 Å². The summed E-state index contributed by atoms with van der Waals surface area (Å²) in [6, 6.07) is 13.2. The van der Waals surface area contributed by atoms with E-state index in [1.165, 1.54) is 35.8 Å². The third kappa shape index (κ3) is 2.28. The number of hydrogen-bond acceptors (Lipinski definition) is 0. The molecule has 0 N–H and O–H groups in total. The minimum absolute atomic E-state index is 1.32. The second kappa shape index (κ2) is 5.47. The van der Waals surface area contributed by atoms with Crippen LogP contribution >= 0.6 is 90.4 Å². The van der Waals surface area contributed by atoms with Gasteiger partial charge in [0.15, 0.2) is 0 Å². The summed E-state index contributed by atoms with van der Waals surface area (Å²) in [5, 5.41) is 5.36. The summed E-state index contributed by atoms with van der Waals surface area (Å²) < 4.78 is 5.44. The van der Waals surface area contributed by atoms with Gasteiger partial charge in [-0.25, -0.2) is 0 Å². The molecule has 0 saturated carbocycles. The lowest BCUT2D eigenvalue weighted by atomic mass is 10.0. The minimum Gasteiger partial charge on any atom is -0.0616 e. The molecule has 0 aliphatic rings. The van der Waals surface area contributed by atoms with Crippen LogP contribution in [0.15, 0.2) is 36.4 Å². The monoisotopic (exact) mass is 682 g/mol. The Bertz CT molecular complexity index is 712. The van der Waals surface area contributed by atoms with Gasteiger partial charge < -0.3 is 0 Å². The van der Waals surface area contributed by atoms with Crippen LogP contribution in [0.2, 0.25) is 0 Å². The first kappa shape index (κ1) is 14.1. The fraction of sp³-hybridized carbons (Fsp3) is 0. The van der Waals surface area contributed by atoms with Gasteiger partial charge in [-0.05, 0) is 124 Å². The van der Waals surface area contributed by atoms with Crippen molar-refractivity contribution in [2.45, 2.75) is 0 Å². The smallest absolute Gasteiger partial charge is 0.0414 e. The van der Waals surface area contributed by atoms with E-state index in [0.29, 0.717) is 0 Å². The van der Waals surface area contributed by atoms with Gasteiger partial charge in [0.1, 0.15) is 0 Å². The van der Waals surface area contributed by atoms with E-state index in [9.17, 15) is 0 Å². The maximum atomic E-state index is 2.46. The molecule has 18 heavy (non-hydrogen) atoms. The summed E-state index contributed by atoms with van der Waals surface area (Å²) in [4.78, 5) is 0. The molecule has 3 rings (SSSR count). The summed E-state index contributed by atoms with van der Waals surface area (Å²) in [5.41, 5.74) is 0. The Hall–Kier alpha value is 1.10. The zero-order valence-corrected chi connectivity index (χ0v) is 17.6. The van der Waals surface area contributed by atoms with Gasteiger partial charge in [-0.2, -0.15) is 0 Å². The van der Waals surface area contributed by atoms with Crippen molar-refractivity contribution >= 4 is 112 Å². The Balaban J connectivity index is 2.58. The summed E-state index contributed by atoms with van der Waals surface area (Å²) in [7, 11) is 0. The summed E-state index contributed by atoms with van der Waals surface area (Å²) in [5.74, 6) is 0. The Morgan fingerprint density at radius 1 is 0.556 bits per heavy atom. The summed E-state index contributed by atoms with van der Waals surface area (Å²) >= 11 is 9.82. The van der Waals surface area contributed by atoms with Gasteiger partial charge in [-0.1, -0.05) is 24.3 Å². The molecule has 0 bridgehead atoms. The van der Waals surface area contributed by atoms with E-state index in [1.54, 1.807) is 0 Å². The predicted molar refractivity (Wildman–Crippen MR) is 112 cm³/mol. The van der Waals surface area contributed by atoms with Crippen molar-refractivity contribution in [3.63, 3.8) is 0 Å². The first-order valence-electron chi connectivity index (χ1n) is 5.24. The maximum Gasteiger partial charge on any atom is 0.0414 e. The van der Waals surface area contributed by atoms with Crippen molar-refractivity contribution in [1.29, 1.82) is 0 Å². The molecule has 4 heteroatoms. The number of fused-ring (bicyclic) bond motifs is 2. The average molecular weight is 682 g/mol. The van der Waals surface area contributed by atoms with Crippen LogP contribution in [0.5, 0.6) is 0 Å². The molecule has 0 heterocycles. The van der Waals surface area contributed by atoms with Gasteiger partial charge in [0.2, 0.25) is 0 Å². The molecular weight excluding hydrogens is 676 g/mol. The molecule has 0 aliphatic heterocycles. The van der Waals surface area contributed by atoms with Crippen molar-refractivity contribution in [3.05, 3.63) is 50.7 Å². The van der Waals surface area contributed by atoms with Crippen LogP contribution in [0, 0.1) is 14.3 Å². The molecule has 3 aromatic rings. The fourth-order valence-electron chi connectivity index (χ4n) is 2.03. The van der Waals surface area contributed by atoms with Crippen LogP contribution in [0.25, 0.3) is 21.5 Å². The molecule has 0 aromatic heterocycles. The lowest BCUT2D eigenvalue weighted by Crippen LogP contribution is -1.93. The molecule has 0 spiro atoms.